The first-order valence-corrected chi connectivity index (χ1v) is 19.4. The molecular formula is C44H43O9P. The molecule has 10 heteroatoms. The van der Waals surface area contributed by atoms with Gasteiger partial charge in [-0.05, 0) is 48.6 Å². The predicted molar refractivity (Wildman–Crippen MR) is 202 cm³/mol. The van der Waals surface area contributed by atoms with E-state index in [2.05, 4.69) is 0 Å². The number of carbonyl (C=O) groups excluding carboxylic acids is 2. The van der Waals surface area contributed by atoms with E-state index >= 15 is 4.89 Å². The van der Waals surface area contributed by atoms with Gasteiger partial charge in [0.05, 0.1) is 14.2 Å². The Morgan fingerprint density at radius 3 is 1.24 bits per heavy atom. The highest BCUT2D eigenvalue weighted by molar-refractivity contribution is 7.59. The SMILES string of the molecule is COC(=O)C(C(=O)OC)[C@@H](c1ccc(C)cc1)[P+]1([O-])OC(c2ccccc2)(c2ccccc2)[C@@H]2OC(C)(C)O[C@H]2C(c2ccccc2)(c2ccccc2)O1. The van der Waals surface area contributed by atoms with E-state index in [9.17, 15) is 9.59 Å². The number of benzene rings is 5. The highest BCUT2D eigenvalue weighted by atomic mass is 31.2. The number of methoxy groups -OCH3 is 2. The van der Waals surface area contributed by atoms with Gasteiger partial charge in [0.2, 0.25) is 0 Å². The van der Waals surface area contributed by atoms with Crippen molar-refractivity contribution >= 4 is 19.9 Å². The fraction of sp³-hybridized carbons (Fsp3) is 0.273. The zero-order valence-corrected chi connectivity index (χ0v) is 31.7. The van der Waals surface area contributed by atoms with Gasteiger partial charge in [0.1, 0.15) is 12.2 Å². The van der Waals surface area contributed by atoms with Gasteiger partial charge in [0.15, 0.2) is 28.6 Å². The highest BCUT2D eigenvalue weighted by Crippen LogP contribution is 2.77. The summed E-state index contributed by atoms with van der Waals surface area (Å²) < 4.78 is 39.3. The largest absolute Gasteiger partial charge is 0.631 e. The number of carbonyl (C=O) groups is 2. The Morgan fingerprint density at radius 2 is 0.926 bits per heavy atom. The third-order valence-corrected chi connectivity index (χ3v) is 12.6. The van der Waals surface area contributed by atoms with Crippen molar-refractivity contribution in [1.29, 1.82) is 0 Å². The van der Waals surface area contributed by atoms with Crippen molar-refractivity contribution in [3.05, 3.63) is 179 Å². The van der Waals surface area contributed by atoms with E-state index in [-0.39, 0.29) is 0 Å². The van der Waals surface area contributed by atoms with Crippen LogP contribution >= 0.6 is 7.94 Å². The average Bonchev–Trinajstić information content (AvgIpc) is 3.50. The van der Waals surface area contributed by atoms with Gasteiger partial charge < -0.3 is 23.8 Å². The topological polar surface area (TPSA) is 113 Å². The van der Waals surface area contributed by atoms with Crippen LogP contribution in [0.5, 0.6) is 0 Å². The van der Waals surface area contributed by atoms with Crippen molar-refractivity contribution in [2.24, 2.45) is 5.92 Å². The van der Waals surface area contributed by atoms with Crippen LogP contribution in [0, 0.1) is 12.8 Å². The molecular weight excluding hydrogens is 703 g/mol. The van der Waals surface area contributed by atoms with E-state index in [4.69, 9.17) is 28.0 Å². The summed E-state index contributed by atoms with van der Waals surface area (Å²) in [6, 6.07) is 44.4. The second kappa shape index (κ2) is 14.8. The fourth-order valence-corrected chi connectivity index (χ4v) is 10.7. The summed E-state index contributed by atoms with van der Waals surface area (Å²) in [7, 11) is -2.62. The first kappa shape index (κ1) is 37.6. The zero-order chi connectivity index (χ0) is 38.1. The molecule has 0 bridgehead atoms. The van der Waals surface area contributed by atoms with Crippen molar-refractivity contribution in [3.63, 3.8) is 0 Å². The minimum Gasteiger partial charge on any atom is -0.631 e. The second-order valence-corrected chi connectivity index (χ2v) is 16.0. The van der Waals surface area contributed by atoms with Crippen molar-refractivity contribution in [3.8, 4) is 0 Å². The number of hydrogen-bond donors (Lipinski definition) is 0. The summed E-state index contributed by atoms with van der Waals surface area (Å²) in [6.07, 6.45) is -2.08. The van der Waals surface area contributed by atoms with Crippen LogP contribution in [0.25, 0.3) is 0 Å². The minimum atomic E-state index is -4.96. The number of ether oxygens (including phenoxy) is 4. The average molecular weight is 747 g/mol. The maximum atomic E-state index is 17.1. The van der Waals surface area contributed by atoms with E-state index in [0.717, 1.165) is 5.56 Å². The molecule has 2 aliphatic rings. The van der Waals surface area contributed by atoms with Gasteiger partial charge in [-0.3, -0.25) is 9.59 Å². The van der Waals surface area contributed by atoms with Crippen LogP contribution in [0.15, 0.2) is 146 Å². The van der Waals surface area contributed by atoms with Gasteiger partial charge in [-0.15, -0.1) is 0 Å². The predicted octanol–water partition coefficient (Wildman–Crippen LogP) is 7.58. The Balaban J connectivity index is 1.67. The molecule has 2 saturated heterocycles. The first-order valence-electron chi connectivity index (χ1n) is 17.8. The standard InChI is InChI=1S/C44H43O9P/c1-30-26-28-31(29-27-30)37(36(40(45)48-4)41(46)49-5)54(47)52-43(32-18-10-6-11-19-32,33-20-12-7-13-21-33)38-39(51-42(2,3)50-38)44(53-54,34-22-14-8-15-23-34)35-24-16-9-17-25-35/h6-29,36-39H,1-5H3/t37-,38-,39-/m1/s1. The van der Waals surface area contributed by atoms with Crippen LogP contribution in [0.2, 0.25) is 0 Å². The van der Waals surface area contributed by atoms with Crippen LogP contribution in [-0.4, -0.2) is 44.2 Å². The Morgan fingerprint density at radius 1 is 0.593 bits per heavy atom. The Hall–Kier alpha value is -4.73. The van der Waals surface area contributed by atoms with E-state index in [1.54, 1.807) is 12.1 Å². The van der Waals surface area contributed by atoms with Gasteiger partial charge in [-0.25, -0.2) is 0 Å². The molecule has 0 spiro atoms. The molecule has 2 heterocycles. The third kappa shape index (κ3) is 6.45. The lowest BCUT2D eigenvalue weighted by Crippen LogP contribution is -2.53. The monoisotopic (exact) mass is 746 g/mol. The molecule has 278 valence electrons. The van der Waals surface area contributed by atoms with Gasteiger partial charge >= 0.3 is 11.9 Å². The van der Waals surface area contributed by atoms with Crippen LogP contribution in [0.3, 0.4) is 0 Å². The quantitative estimate of drug-likeness (QED) is 0.0857. The van der Waals surface area contributed by atoms with Crippen molar-refractivity contribution in [2.75, 3.05) is 14.2 Å². The molecule has 0 aromatic heterocycles. The molecule has 2 aliphatic heterocycles. The van der Waals surface area contributed by atoms with Crippen LogP contribution in [0.1, 0.15) is 52.9 Å². The molecule has 9 nitrogen and oxygen atoms in total. The number of aryl methyl sites for hydroxylation is 1. The molecule has 0 saturated carbocycles. The lowest BCUT2D eigenvalue weighted by Gasteiger charge is -2.45. The lowest BCUT2D eigenvalue weighted by molar-refractivity contribution is -0.252. The summed E-state index contributed by atoms with van der Waals surface area (Å²) in [4.78, 5) is 45.0. The van der Waals surface area contributed by atoms with E-state index in [0.29, 0.717) is 27.8 Å². The Labute approximate surface area is 316 Å². The van der Waals surface area contributed by atoms with Gasteiger partial charge in [0.25, 0.3) is 7.94 Å². The minimum absolute atomic E-state index is 0.337. The summed E-state index contributed by atoms with van der Waals surface area (Å²) in [5, 5.41) is 0. The molecule has 2 fully saturated rings. The molecule has 0 N–H and O–H groups in total. The zero-order valence-electron chi connectivity index (χ0n) is 30.8. The smallest absolute Gasteiger partial charge is 0.324 e. The summed E-state index contributed by atoms with van der Waals surface area (Å²) in [5.74, 6) is -4.91. The molecule has 7 rings (SSSR count). The van der Waals surface area contributed by atoms with E-state index in [1.807, 2.05) is 154 Å². The van der Waals surface area contributed by atoms with Crippen LogP contribution in [0.4, 0.5) is 0 Å². The van der Waals surface area contributed by atoms with Crippen molar-refractivity contribution < 1.29 is 42.5 Å². The number of esters is 2. The molecule has 5 aromatic carbocycles. The summed E-state index contributed by atoms with van der Waals surface area (Å²) >= 11 is 0. The normalized spacial score (nSPS) is 21.3. The van der Waals surface area contributed by atoms with Crippen molar-refractivity contribution in [1.82, 2.24) is 0 Å². The molecule has 0 unspecified atom stereocenters. The maximum absolute atomic E-state index is 17.1. The first-order chi connectivity index (χ1) is 26.0. The Kier molecular flexibility index (Phi) is 10.3. The number of rotatable bonds is 9. The maximum Gasteiger partial charge on any atom is 0.324 e. The van der Waals surface area contributed by atoms with Crippen molar-refractivity contribution in [2.45, 2.75) is 55.6 Å². The molecule has 0 radical (unpaired) electrons. The van der Waals surface area contributed by atoms with Crippen LogP contribution in [-0.2, 0) is 48.8 Å². The number of fused-ring (bicyclic) bond motifs is 1. The highest BCUT2D eigenvalue weighted by Gasteiger charge is 2.73. The molecule has 54 heavy (non-hydrogen) atoms. The summed E-state index contributed by atoms with van der Waals surface area (Å²) in [6.45, 7) is 5.55. The Bertz CT molecular complexity index is 1860. The van der Waals surface area contributed by atoms with E-state index < -0.39 is 60.7 Å². The molecule has 5 aromatic rings. The van der Waals surface area contributed by atoms with E-state index in [1.165, 1.54) is 14.2 Å². The summed E-state index contributed by atoms with van der Waals surface area (Å²) in [5.41, 5.74) is -1.44. The van der Waals surface area contributed by atoms with Gasteiger partial charge in [0, 0.05) is 0 Å². The molecule has 3 atom stereocenters. The molecule has 0 amide bonds. The van der Waals surface area contributed by atoms with Gasteiger partial charge in [-0.1, -0.05) is 151 Å². The molecule has 0 aliphatic carbocycles. The fourth-order valence-electron chi connectivity index (χ4n) is 7.87. The lowest BCUT2D eigenvalue weighted by atomic mass is 9.72. The van der Waals surface area contributed by atoms with Crippen LogP contribution < -0.4 is 4.89 Å². The van der Waals surface area contributed by atoms with Gasteiger partial charge in [-0.2, -0.15) is 9.05 Å². The third-order valence-electron chi connectivity index (χ3n) is 10.2. The number of hydrogen-bond acceptors (Lipinski definition) is 9. The second-order valence-electron chi connectivity index (χ2n) is 14.0.